The third kappa shape index (κ3) is 3.65. The van der Waals surface area contributed by atoms with Crippen molar-refractivity contribution in [1.82, 2.24) is 4.90 Å². The van der Waals surface area contributed by atoms with E-state index in [-0.39, 0.29) is 18.6 Å². The smallest absolute Gasteiger partial charge is 0.410 e. The fraction of sp³-hybridized carbons (Fsp3) is 0.300. The number of rotatable bonds is 4. The molecule has 1 aliphatic rings. The molecule has 0 saturated carbocycles. The monoisotopic (exact) mass is 338 g/mol. The van der Waals surface area contributed by atoms with Crippen LogP contribution in [0.5, 0.6) is 0 Å². The van der Waals surface area contributed by atoms with Gasteiger partial charge in [0, 0.05) is 13.1 Å². The molecule has 130 valence electrons. The summed E-state index contributed by atoms with van der Waals surface area (Å²) in [4.78, 5) is 26.1. The van der Waals surface area contributed by atoms with Crippen molar-refractivity contribution in [2.45, 2.75) is 24.9 Å². The molecule has 2 amide bonds. The largest absolute Gasteiger partial charge is 0.445 e. The van der Waals surface area contributed by atoms with E-state index in [2.05, 4.69) is 0 Å². The van der Waals surface area contributed by atoms with Crippen LogP contribution >= 0.6 is 0 Å². The molecule has 2 aromatic rings. The van der Waals surface area contributed by atoms with Crippen molar-refractivity contribution in [1.29, 1.82) is 0 Å². The van der Waals surface area contributed by atoms with Gasteiger partial charge in [0.1, 0.15) is 6.61 Å². The molecule has 2 N–H and O–H groups in total. The van der Waals surface area contributed by atoms with Gasteiger partial charge in [-0.3, -0.25) is 4.79 Å². The van der Waals surface area contributed by atoms with Gasteiger partial charge in [-0.25, -0.2) is 4.79 Å². The molecule has 0 radical (unpaired) electrons. The maximum Gasteiger partial charge on any atom is 0.410 e. The van der Waals surface area contributed by atoms with Gasteiger partial charge in [-0.15, -0.1) is 0 Å². The summed E-state index contributed by atoms with van der Waals surface area (Å²) in [7, 11) is 0. The first-order valence-electron chi connectivity index (χ1n) is 8.43. The molecule has 0 unspecified atom stereocenters. The van der Waals surface area contributed by atoms with E-state index in [1.807, 2.05) is 60.7 Å². The van der Waals surface area contributed by atoms with Crippen LogP contribution in [0.15, 0.2) is 60.7 Å². The second-order valence-corrected chi connectivity index (χ2v) is 6.34. The molecule has 1 heterocycles. The first-order chi connectivity index (χ1) is 12.1. The Morgan fingerprint density at radius 3 is 2.08 bits per heavy atom. The summed E-state index contributed by atoms with van der Waals surface area (Å²) in [5.41, 5.74) is 6.87. The van der Waals surface area contributed by atoms with Gasteiger partial charge in [-0.1, -0.05) is 60.7 Å². The summed E-state index contributed by atoms with van der Waals surface area (Å²) in [5, 5.41) is 0. The lowest BCUT2D eigenvalue weighted by atomic mass is 9.72. The lowest BCUT2D eigenvalue weighted by Crippen LogP contribution is -2.51. The zero-order valence-corrected chi connectivity index (χ0v) is 14.1. The van der Waals surface area contributed by atoms with Crippen LogP contribution < -0.4 is 5.73 Å². The summed E-state index contributed by atoms with van der Waals surface area (Å²) in [6.45, 7) is 1.15. The van der Waals surface area contributed by atoms with Crippen LogP contribution in [0.4, 0.5) is 4.79 Å². The minimum absolute atomic E-state index is 0.246. The average Bonchev–Trinajstić information content (AvgIpc) is 2.67. The molecular weight excluding hydrogens is 316 g/mol. The van der Waals surface area contributed by atoms with E-state index in [1.54, 1.807) is 4.90 Å². The summed E-state index contributed by atoms with van der Waals surface area (Å²) < 4.78 is 5.37. The van der Waals surface area contributed by atoms with Gasteiger partial charge < -0.3 is 15.4 Å². The Balaban J connectivity index is 1.62. The number of benzene rings is 2. The number of amides is 2. The SMILES string of the molecule is NC(=O)C1(c2ccccc2)CCN(C(=O)OCc2ccccc2)CC1. The summed E-state index contributed by atoms with van der Waals surface area (Å²) >= 11 is 0. The predicted octanol–water partition coefficient (Wildman–Crippen LogP) is 2.84. The highest BCUT2D eigenvalue weighted by Gasteiger charge is 2.42. The Kier molecular flexibility index (Phi) is 5.03. The van der Waals surface area contributed by atoms with E-state index in [0.717, 1.165) is 11.1 Å². The normalized spacial score (nSPS) is 16.2. The van der Waals surface area contributed by atoms with Gasteiger partial charge in [0.15, 0.2) is 0 Å². The molecule has 25 heavy (non-hydrogen) atoms. The molecule has 5 nitrogen and oxygen atoms in total. The van der Waals surface area contributed by atoms with Crippen LogP contribution in [0, 0.1) is 0 Å². The van der Waals surface area contributed by atoms with Gasteiger partial charge in [0.25, 0.3) is 0 Å². The van der Waals surface area contributed by atoms with E-state index < -0.39 is 5.41 Å². The maximum atomic E-state index is 12.3. The van der Waals surface area contributed by atoms with Crippen molar-refractivity contribution in [3.63, 3.8) is 0 Å². The molecule has 0 aliphatic carbocycles. The number of carbonyl (C=O) groups excluding carboxylic acids is 2. The fourth-order valence-electron chi connectivity index (χ4n) is 3.32. The molecule has 3 rings (SSSR count). The number of hydrogen-bond donors (Lipinski definition) is 1. The van der Waals surface area contributed by atoms with Gasteiger partial charge in [-0.05, 0) is 24.0 Å². The number of likely N-dealkylation sites (tertiary alicyclic amines) is 1. The lowest BCUT2D eigenvalue weighted by molar-refractivity contribution is -0.125. The zero-order chi connectivity index (χ0) is 17.7. The highest BCUT2D eigenvalue weighted by molar-refractivity contribution is 5.87. The average molecular weight is 338 g/mol. The third-order valence-electron chi connectivity index (χ3n) is 4.88. The second kappa shape index (κ2) is 7.38. The minimum atomic E-state index is -0.711. The summed E-state index contributed by atoms with van der Waals surface area (Å²) in [5.74, 6) is -0.337. The van der Waals surface area contributed by atoms with Crippen molar-refractivity contribution in [2.24, 2.45) is 5.73 Å². The Morgan fingerprint density at radius 2 is 1.52 bits per heavy atom. The lowest BCUT2D eigenvalue weighted by Gasteiger charge is -2.39. The Bertz CT molecular complexity index is 723. The standard InChI is InChI=1S/C20H22N2O3/c21-18(23)20(17-9-5-2-6-10-17)11-13-22(14-12-20)19(24)25-15-16-7-3-1-4-8-16/h1-10H,11-15H2,(H2,21,23). The number of ether oxygens (including phenoxy) is 1. The maximum absolute atomic E-state index is 12.3. The van der Waals surface area contributed by atoms with Crippen LogP contribution in [0.2, 0.25) is 0 Å². The molecule has 0 spiro atoms. The molecule has 1 saturated heterocycles. The van der Waals surface area contributed by atoms with Crippen molar-refractivity contribution in [3.05, 3.63) is 71.8 Å². The first-order valence-corrected chi connectivity index (χ1v) is 8.43. The molecule has 5 heteroatoms. The van der Waals surface area contributed by atoms with E-state index >= 15 is 0 Å². The highest BCUT2D eigenvalue weighted by Crippen LogP contribution is 2.35. The number of carbonyl (C=O) groups is 2. The van der Waals surface area contributed by atoms with Gasteiger partial charge in [-0.2, -0.15) is 0 Å². The predicted molar refractivity (Wildman–Crippen MR) is 94.7 cm³/mol. The molecule has 1 aliphatic heterocycles. The van der Waals surface area contributed by atoms with Crippen molar-refractivity contribution < 1.29 is 14.3 Å². The summed E-state index contributed by atoms with van der Waals surface area (Å²) in [6, 6.07) is 19.1. The first kappa shape index (κ1) is 17.0. The number of piperidine rings is 1. The second-order valence-electron chi connectivity index (χ2n) is 6.34. The van der Waals surface area contributed by atoms with Crippen LogP contribution in [-0.2, 0) is 21.6 Å². The van der Waals surface area contributed by atoms with Crippen LogP contribution in [-0.4, -0.2) is 30.0 Å². The minimum Gasteiger partial charge on any atom is -0.445 e. The van der Waals surface area contributed by atoms with Gasteiger partial charge >= 0.3 is 6.09 Å². The zero-order valence-electron chi connectivity index (χ0n) is 14.1. The molecule has 0 bridgehead atoms. The number of nitrogens with zero attached hydrogens (tertiary/aromatic N) is 1. The van der Waals surface area contributed by atoms with Crippen LogP contribution in [0.1, 0.15) is 24.0 Å². The van der Waals surface area contributed by atoms with E-state index in [0.29, 0.717) is 25.9 Å². The molecule has 1 fully saturated rings. The molecule has 0 aromatic heterocycles. The highest BCUT2D eigenvalue weighted by atomic mass is 16.6. The number of primary amides is 1. The van der Waals surface area contributed by atoms with Crippen LogP contribution in [0.3, 0.4) is 0 Å². The quantitative estimate of drug-likeness (QED) is 0.932. The Morgan fingerprint density at radius 1 is 0.960 bits per heavy atom. The number of hydrogen-bond acceptors (Lipinski definition) is 3. The van der Waals surface area contributed by atoms with E-state index in [9.17, 15) is 9.59 Å². The topological polar surface area (TPSA) is 72.6 Å². The molecular formula is C20H22N2O3. The third-order valence-corrected chi connectivity index (χ3v) is 4.88. The van der Waals surface area contributed by atoms with Crippen molar-refractivity contribution in [2.75, 3.05) is 13.1 Å². The number of nitrogens with two attached hydrogens (primary N) is 1. The van der Waals surface area contributed by atoms with Gasteiger partial charge in [0.05, 0.1) is 5.41 Å². The molecule has 0 atom stereocenters. The summed E-state index contributed by atoms with van der Waals surface area (Å²) in [6.07, 6.45) is 0.662. The molecule has 2 aromatic carbocycles. The van der Waals surface area contributed by atoms with Crippen molar-refractivity contribution >= 4 is 12.0 Å². The fourth-order valence-corrected chi connectivity index (χ4v) is 3.32. The van der Waals surface area contributed by atoms with Crippen LogP contribution in [0.25, 0.3) is 0 Å². The van der Waals surface area contributed by atoms with E-state index in [1.165, 1.54) is 0 Å². The van der Waals surface area contributed by atoms with Crippen molar-refractivity contribution in [3.8, 4) is 0 Å². The Labute approximate surface area is 147 Å². The van der Waals surface area contributed by atoms with Gasteiger partial charge in [0.2, 0.25) is 5.91 Å². The van der Waals surface area contributed by atoms with E-state index in [4.69, 9.17) is 10.5 Å². The Hall–Kier alpha value is -2.82.